The number of ether oxygens (including phenoxy) is 1. The molecule has 1 heterocycles. The normalized spacial score (nSPS) is 11.1. The van der Waals surface area contributed by atoms with Crippen LogP contribution in [0.25, 0.3) is 10.9 Å². The van der Waals surface area contributed by atoms with Gasteiger partial charge in [0.05, 0.1) is 10.0 Å². The zero-order chi connectivity index (χ0) is 27.8. The van der Waals surface area contributed by atoms with E-state index in [1.165, 1.54) is 23.1 Å². The summed E-state index contributed by atoms with van der Waals surface area (Å²) in [6.45, 7) is 1.26. The standard InChI is InChI=1S/C30H30Cl2FN3O3/c1-39-15-5-13-36(30(38)22-6-4-7-24(33)17-22)20-29(37)35(19-21-10-11-26(31)27(32)16-21)14-12-23-18-34-28-9-3-2-8-25(23)28/h2-4,6-11,16-18,34H,5,12-15,19-20H2,1H3. The molecule has 0 atom stereocenters. The molecular formula is C30H30Cl2FN3O3. The van der Waals surface area contributed by atoms with Gasteiger partial charge < -0.3 is 19.5 Å². The van der Waals surface area contributed by atoms with Crippen molar-refractivity contribution in [3.63, 3.8) is 0 Å². The Balaban J connectivity index is 1.56. The SMILES string of the molecule is COCCCN(CC(=O)N(CCc1c[nH]c2ccccc12)Cc1ccc(Cl)c(Cl)c1)C(=O)c1cccc(F)c1. The van der Waals surface area contributed by atoms with E-state index in [0.717, 1.165) is 22.0 Å². The third-order valence-electron chi connectivity index (χ3n) is 6.50. The van der Waals surface area contributed by atoms with E-state index in [1.807, 2.05) is 36.5 Å². The predicted molar refractivity (Wildman–Crippen MR) is 153 cm³/mol. The van der Waals surface area contributed by atoms with Crippen molar-refractivity contribution in [1.29, 1.82) is 0 Å². The summed E-state index contributed by atoms with van der Waals surface area (Å²) in [5.41, 5.74) is 3.12. The molecule has 1 aromatic heterocycles. The highest BCUT2D eigenvalue weighted by Gasteiger charge is 2.23. The lowest BCUT2D eigenvalue weighted by Crippen LogP contribution is -2.44. The first kappa shape index (κ1) is 28.6. The molecular weight excluding hydrogens is 540 g/mol. The van der Waals surface area contributed by atoms with Crippen LogP contribution in [0.15, 0.2) is 72.9 Å². The summed E-state index contributed by atoms with van der Waals surface area (Å²) in [6, 6.07) is 18.8. The highest BCUT2D eigenvalue weighted by molar-refractivity contribution is 6.42. The van der Waals surface area contributed by atoms with Gasteiger partial charge >= 0.3 is 0 Å². The van der Waals surface area contributed by atoms with Gasteiger partial charge in [0.25, 0.3) is 5.91 Å². The van der Waals surface area contributed by atoms with E-state index in [0.29, 0.717) is 36.0 Å². The highest BCUT2D eigenvalue weighted by Crippen LogP contribution is 2.24. The van der Waals surface area contributed by atoms with Crippen LogP contribution in [0.2, 0.25) is 10.0 Å². The molecule has 0 saturated carbocycles. The molecule has 39 heavy (non-hydrogen) atoms. The molecule has 0 unspecified atom stereocenters. The number of amides is 2. The Morgan fingerprint density at radius 1 is 0.949 bits per heavy atom. The van der Waals surface area contributed by atoms with E-state index in [-0.39, 0.29) is 31.1 Å². The minimum absolute atomic E-state index is 0.158. The van der Waals surface area contributed by atoms with Crippen LogP contribution < -0.4 is 0 Å². The highest BCUT2D eigenvalue weighted by atomic mass is 35.5. The number of halogens is 3. The van der Waals surface area contributed by atoms with Crippen molar-refractivity contribution in [2.24, 2.45) is 0 Å². The lowest BCUT2D eigenvalue weighted by atomic mass is 10.1. The molecule has 0 saturated heterocycles. The number of carbonyl (C=O) groups is 2. The number of para-hydroxylation sites is 1. The maximum atomic E-state index is 13.8. The van der Waals surface area contributed by atoms with Gasteiger partial charge in [0.1, 0.15) is 12.4 Å². The van der Waals surface area contributed by atoms with Gasteiger partial charge in [-0.25, -0.2) is 4.39 Å². The molecule has 0 bridgehead atoms. The van der Waals surface area contributed by atoms with Gasteiger partial charge in [-0.3, -0.25) is 9.59 Å². The van der Waals surface area contributed by atoms with E-state index in [4.69, 9.17) is 27.9 Å². The predicted octanol–water partition coefficient (Wildman–Crippen LogP) is 6.36. The third-order valence-corrected chi connectivity index (χ3v) is 7.24. The van der Waals surface area contributed by atoms with E-state index in [2.05, 4.69) is 4.98 Å². The fourth-order valence-electron chi connectivity index (χ4n) is 4.46. The first-order chi connectivity index (χ1) is 18.9. The lowest BCUT2D eigenvalue weighted by molar-refractivity contribution is -0.132. The Morgan fingerprint density at radius 2 is 1.77 bits per heavy atom. The number of fused-ring (bicyclic) bond motifs is 1. The number of benzene rings is 3. The fraction of sp³-hybridized carbons (Fsp3) is 0.267. The summed E-state index contributed by atoms with van der Waals surface area (Å²) in [5.74, 6) is -1.16. The summed E-state index contributed by atoms with van der Waals surface area (Å²) in [6.07, 6.45) is 3.10. The zero-order valence-corrected chi connectivity index (χ0v) is 23.1. The largest absolute Gasteiger partial charge is 0.385 e. The quantitative estimate of drug-likeness (QED) is 0.202. The van der Waals surface area contributed by atoms with Crippen molar-refractivity contribution in [2.45, 2.75) is 19.4 Å². The molecule has 0 aliphatic carbocycles. The topological polar surface area (TPSA) is 65.6 Å². The van der Waals surface area contributed by atoms with Crippen LogP contribution in [-0.4, -0.2) is 59.9 Å². The number of aromatic amines is 1. The Labute approximate surface area is 237 Å². The summed E-state index contributed by atoms with van der Waals surface area (Å²) in [4.78, 5) is 33.5. The maximum absolute atomic E-state index is 13.8. The molecule has 9 heteroatoms. The van der Waals surface area contributed by atoms with Gasteiger partial charge in [0, 0.05) is 56.0 Å². The van der Waals surface area contributed by atoms with Crippen molar-refractivity contribution in [2.75, 3.05) is 33.4 Å². The average molecular weight is 570 g/mol. The van der Waals surface area contributed by atoms with Crippen LogP contribution in [-0.2, 0) is 22.5 Å². The third kappa shape index (κ3) is 7.60. The van der Waals surface area contributed by atoms with Crippen LogP contribution in [0.4, 0.5) is 4.39 Å². The average Bonchev–Trinajstić information content (AvgIpc) is 3.35. The summed E-state index contributed by atoms with van der Waals surface area (Å²) in [5, 5.41) is 1.93. The molecule has 0 aliphatic rings. The van der Waals surface area contributed by atoms with Gasteiger partial charge in [0.2, 0.25) is 5.91 Å². The molecule has 4 aromatic rings. The number of rotatable bonds is 12. The number of H-pyrrole nitrogens is 1. The van der Waals surface area contributed by atoms with E-state index in [9.17, 15) is 14.0 Å². The summed E-state index contributed by atoms with van der Waals surface area (Å²) >= 11 is 12.3. The van der Waals surface area contributed by atoms with Gasteiger partial charge in [-0.2, -0.15) is 0 Å². The number of nitrogens with zero attached hydrogens (tertiary/aromatic N) is 2. The van der Waals surface area contributed by atoms with Crippen molar-refractivity contribution < 1.29 is 18.7 Å². The fourth-order valence-corrected chi connectivity index (χ4v) is 4.78. The number of aromatic nitrogens is 1. The smallest absolute Gasteiger partial charge is 0.254 e. The Hall–Kier alpha value is -3.39. The minimum Gasteiger partial charge on any atom is -0.385 e. The molecule has 4 rings (SSSR count). The Morgan fingerprint density at radius 3 is 2.54 bits per heavy atom. The van der Waals surface area contributed by atoms with Crippen molar-refractivity contribution >= 4 is 45.9 Å². The van der Waals surface area contributed by atoms with Crippen molar-refractivity contribution in [1.82, 2.24) is 14.8 Å². The molecule has 0 aliphatic heterocycles. The second kappa shape index (κ2) is 13.6. The van der Waals surface area contributed by atoms with Crippen LogP contribution >= 0.6 is 23.2 Å². The van der Waals surface area contributed by atoms with Gasteiger partial charge in [-0.05, 0) is 60.4 Å². The first-order valence-electron chi connectivity index (χ1n) is 12.7. The zero-order valence-electron chi connectivity index (χ0n) is 21.6. The molecule has 2 amide bonds. The second-order valence-electron chi connectivity index (χ2n) is 9.26. The molecule has 0 radical (unpaired) electrons. The van der Waals surface area contributed by atoms with Crippen LogP contribution in [0.5, 0.6) is 0 Å². The summed E-state index contributed by atoms with van der Waals surface area (Å²) < 4.78 is 19.0. The molecule has 0 spiro atoms. The maximum Gasteiger partial charge on any atom is 0.254 e. The molecule has 1 N–H and O–H groups in total. The molecule has 3 aromatic carbocycles. The minimum atomic E-state index is -0.510. The Kier molecular flexibility index (Phi) is 9.98. The number of carbonyl (C=O) groups excluding carboxylic acids is 2. The second-order valence-corrected chi connectivity index (χ2v) is 10.1. The van der Waals surface area contributed by atoms with E-state index < -0.39 is 11.7 Å². The van der Waals surface area contributed by atoms with Crippen LogP contribution in [0.3, 0.4) is 0 Å². The monoisotopic (exact) mass is 569 g/mol. The van der Waals surface area contributed by atoms with E-state index >= 15 is 0 Å². The van der Waals surface area contributed by atoms with Gasteiger partial charge in [0.15, 0.2) is 0 Å². The van der Waals surface area contributed by atoms with Crippen LogP contribution in [0, 0.1) is 5.82 Å². The number of methoxy groups -OCH3 is 1. The first-order valence-corrected chi connectivity index (χ1v) is 13.4. The molecule has 0 fully saturated rings. The number of hydrogen-bond donors (Lipinski definition) is 1. The number of hydrogen-bond acceptors (Lipinski definition) is 3. The molecule has 204 valence electrons. The van der Waals surface area contributed by atoms with Crippen LogP contribution in [0.1, 0.15) is 27.9 Å². The Bertz CT molecular complexity index is 1440. The molecule has 6 nitrogen and oxygen atoms in total. The van der Waals surface area contributed by atoms with Gasteiger partial charge in [-0.15, -0.1) is 0 Å². The lowest BCUT2D eigenvalue weighted by Gasteiger charge is -2.28. The number of nitrogens with one attached hydrogen (secondary N) is 1. The van der Waals surface area contributed by atoms with Gasteiger partial charge in [-0.1, -0.05) is 53.5 Å². The van der Waals surface area contributed by atoms with E-state index in [1.54, 1.807) is 30.2 Å². The van der Waals surface area contributed by atoms with Crippen molar-refractivity contribution in [3.05, 3.63) is 105 Å². The summed E-state index contributed by atoms with van der Waals surface area (Å²) in [7, 11) is 1.58. The van der Waals surface area contributed by atoms with Crippen molar-refractivity contribution in [3.8, 4) is 0 Å².